The van der Waals surface area contributed by atoms with Crippen LogP contribution in [0.1, 0.15) is 48.3 Å². The van der Waals surface area contributed by atoms with Crippen molar-refractivity contribution in [2.75, 3.05) is 45.2 Å². The second-order valence-corrected chi connectivity index (χ2v) is 7.95. The summed E-state index contributed by atoms with van der Waals surface area (Å²) in [6.07, 6.45) is 3.57. The van der Waals surface area contributed by atoms with Crippen molar-refractivity contribution in [3.63, 3.8) is 0 Å². The summed E-state index contributed by atoms with van der Waals surface area (Å²) >= 11 is 0. The molecule has 1 N–H and O–H groups in total. The lowest BCUT2D eigenvalue weighted by molar-refractivity contribution is 0.0793. The van der Waals surface area contributed by atoms with Crippen LogP contribution in [0.5, 0.6) is 0 Å². The van der Waals surface area contributed by atoms with Crippen molar-refractivity contribution < 1.29 is 9.59 Å². The van der Waals surface area contributed by atoms with E-state index in [1.807, 2.05) is 48.7 Å². The Labute approximate surface area is 161 Å². The van der Waals surface area contributed by atoms with Crippen LogP contribution in [-0.2, 0) is 12.8 Å². The molecule has 0 bridgehead atoms. The van der Waals surface area contributed by atoms with E-state index in [9.17, 15) is 9.59 Å². The predicted octanol–water partition coefficient (Wildman–Crippen LogP) is 1.90. The summed E-state index contributed by atoms with van der Waals surface area (Å²) in [5, 5.41) is 2.96. The number of carbonyl (C=O) groups is 2. The van der Waals surface area contributed by atoms with Gasteiger partial charge in [-0.05, 0) is 44.7 Å². The second-order valence-electron chi connectivity index (χ2n) is 7.95. The van der Waals surface area contributed by atoms with Gasteiger partial charge in [-0.1, -0.05) is 0 Å². The van der Waals surface area contributed by atoms with E-state index in [0.717, 1.165) is 49.4 Å². The minimum absolute atomic E-state index is 0.0287. The van der Waals surface area contributed by atoms with E-state index in [1.54, 1.807) is 0 Å². The van der Waals surface area contributed by atoms with E-state index in [-0.39, 0.29) is 18.0 Å². The summed E-state index contributed by atoms with van der Waals surface area (Å²) < 4.78 is 0. The van der Waals surface area contributed by atoms with E-state index >= 15 is 0 Å². The molecule has 7 nitrogen and oxygen atoms in total. The number of carbonyl (C=O) groups excluding carboxylic acids is 2. The van der Waals surface area contributed by atoms with Crippen LogP contribution >= 0.6 is 0 Å². The highest BCUT2D eigenvalue weighted by Crippen LogP contribution is 2.25. The molecule has 148 valence electrons. The van der Waals surface area contributed by atoms with Gasteiger partial charge < -0.3 is 20.0 Å². The minimum Gasteiger partial charge on any atom is -0.362 e. The number of amides is 3. The number of likely N-dealkylation sites (tertiary alicyclic amines) is 1. The third kappa shape index (κ3) is 4.34. The van der Waals surface area contributed by atoms with E-state index in [2.05, 4.69) is 5.32 Å². The van der Waals surface area contributed by atoms with Crippen molar-refractivity contribution in [2.45, 2.75) is 45.6 Å². The maximum Gasteiger partial charge on any atom is 0.317 e. The fraction of sp³-hybridized carbons (Fsp3) is 0.650. The Bertz CT molecular complexity index is 711. The van der Waals surface area contributed by atoms with Gasteiger partial charge in [-0.15, -0.1) is 0 Å². The second kappa shape index (κ2) is 8.15. The molecule has 3 heterocycles. The van der Waals surface area contributed by atoms with Crippen molar-refractivity contribution in [1.29, 1.82) is 0 Å². The minimum atomic E-state index is -0.0287. The molecule has 0 saturated carbocycles. The number of aromatic nitrogens is 1. The van der Waals surface area contributed by atoms with E-state index in [4.69, 9.17) is 4.98 Å². The fourth-order valence-corrected chi connectivity index (χ4v) is 3.75. The lowest BCUT2D eigenvalue weighted by Crippen LogP contribution is -2.44. The lowest BCUT2D eigenvalue weighted by atomic mass is 10.0. The summed E-state index contributed by atoms with van der Waals surface area (Å²) in [6, 6.07) is 2.10. The zero-order valence-electron chi connectivity index (χ0n) is 16.9. The number of nitrogens with one attached hydrogen (secondary N) is 1. The molecule has 0 spiro atoms. The van der Waals surface area contributed by atoms with Crippen molar-refractivity contribution in [1.82, 2.24) is 20.1 Å². The van der Waals surface area contributed by atoms with Gasteiger partial charge in [-0.2, -0.15) is 0 Å². The number of pyridine rings is 1. The molecule has 0 unspecified atom stereocenters. The number of fused-ring (bicyclic) bond motifs is 1. The van der Waals surface area contributed by atoms with E-state index < -0.39 is 0 Å². The Hall–Kier alpha value is -2.31. The molecule has 1 saturated heterocycles. The zero-order chi connectivity index (χ0) is 19.6. The predicted molar refractivity (Wildman–Crippen MR) is 106 cm³/mol. The molecular weight excluding hydrogens is 342 g/mol. The van der Waals surface area contributed by atoms with Crippen LogP contribution in [0.4, 0.5) is 10.6 Å². The van der Waals surface area contributed by atoms with Gasteiger partial charge in [0, 0.05) is 58.4 Å². The van der Waals surface area contributed by atoms with E-state index in [1.165, 1.54) is 0 Å². The molecule has 0 aliphatic carbocycles. The van der Waals surface area contributed by atoms with E-state index in [0.29, 0.717) is 25.1 Å². The summed E-state index contributed by atoms with van der Waals surface area (Å²) in [6.45, 7) is 6.87. The monoisotopic (exact) mass is 373 g/mol. The van der Waals surface area contributed by atoms with Gasteiger partial charge >= 0.3 is 6.03 Å². The molecule has 3 rings (SSSR count). The topological polar surface area (TPSA) is 68.8 Å². The summed E-state index contributed by atoms with van der Waals surface area (Å²) in [5.41, 5.74) is 2.76. The first kappa shape index (κ1) is 19.5. The molecule has 0 aromatic carbocycles. The average molecular weight is 374 g/mol. The van der Waals surface area contributed by atoms with Crippen LogP contribution in [0, 0.1) is 0 Å². The van der Waals surface area contributed by atoms with Gasteiger partial charge in [0.25, 0.3) is 5.91 Å². The number of nitrogens with zero attached hydrogens (tertiary/aromatic N) is 4. The summed E-state index contributed by atoms with van der Waals surface area (Å²) in [4.78, 5) is 35.9. The number of urea groups is 1. The third-order valence-electron chi connectivity index (χ3n) is 5.19. The largest absolute Gasteiger partial charge is 0.362 e. The molecule has 1 aromatic heterocycles. The van der Waals surface area contributed by atoms with Gasteiger partial charge in [-0.3, -0.25) is 4.79 Å². The maximum absolute atomic E-state index is 13.0. The Kier molecular flexibility index (Phi) is 5.87. The Morgan fingerprint density at radius 2 is 1.74 bits per heavy atom. The van der Waals surface area contributed by atoms with Crippen LogP contribution in [0.25, 0.3) is 0 Å². The quantitative estimate of drug-likeness (QED) is 0.879. The highest BCUT2D eigenvalue weighted by atomic mass is 16.2. The Morgan fingerprint density at radius 3 is 2.37 bits per heavy atom. The molecule has 2 aliphatic rings. The third-order valence-corrected chi connectivity index (χ3v) is 5.19. The SMILES string of the molecule is CC(C)NC(=O)N1CCc2cc(C(=O)N3CCCC3)c(N(C)C)nc2CC1. The molecule has 2 aliphatic heterocycles. The summed E-state index contributed by atoms with van der Waals surface area (Å²) in [7, 11) is 3.85. The highest BCUT2D eigenvalue weighted by Gasteiger charge is 2.27. The van der Waals surface area contributed by atoms with Crippen LogP contribution in [-0.4, -0.2) is 73.0 Å². The van der Waals surface area contributed by atoms with Crippen molar-refractivity contribution in [2.24, 2.45) is 0 Å². The molecular formula is C20H31N5O2. The maximum atomic E-state index is 13.0. The highest BCUT2D eigenvalue weighted by molar-refractivity contribution is 5.99. The Balaban J connectivity index is 1.85. The standard InChI is InChI=1S/C20H31N5O2/c1-14(2)21-20(27)25-11-7-15-13-16(19(26)24-9-5-6-10-24)18(23(3)4)22-17(15)8-12-25/h13-14H,5-12H2,1-4H3,(H,21,27). The van der Waals surface area contributed by atoms with Crippen LogP contribution in [0.15, 0.2) is 6.07 Å². The molecule has 0 radical (unpaired) electrons. The number of hydrogen-bond acceptors (Lipinski definition) is 4. The smallest absolute Gasteiger partial charge is 0.317 e. The number of hydrogen-bond donors (Lipinski definition) is 1. The molecule has 27 heavy (non-hydrogen) atoms. The van der Waals surface area contributed by atoms with Gasteiger partial charge in [-0.25, -0.2) is 9.78 Å². The van der Waals surface area contributed by atoms with Gasteiger partial charge in [0.1, 0.15) is 5.82 Å². The van der Waals surface area contributed by atoms with Gasteiger partial charge in [0.15, 0.2) is 0 Å². The lowest BCUT2D eigenvalue weighted by Gasteiger charge is -2.22. The molecule has 3 amide bonds. The molecule has 0 atom stereocenters. The number of anilines is 1. The zero-order valence-corrected chi connectivity index (χ0v) is 16.9. The van der Waals surface area contributed by atoms with Gasteiger partial charge in [0.05, 0.1) is 5.56 Å². The first-order valence-corrected chi connectivity index (χ1v) is 9.91. The van der Waals surface area contributed by atoms with Crippen molar-refractivity contribution in [3.8, 4) is 0 Å². The van der Waals surface area contributed by atoms with Crippen molar-refractivity contribution in [3.05, 3.63) is 22.9 Å². The van der Waals surface area contributed by atoms with Crippen LogP contribution in [0.3, 0.4) is 0 Å². The molecule has 7 heteroatoms. The Morgan fingerprint density at radius 1 is 1.07 bits per heavy atom. The molecule has 1 fully saturated rings. The first-order valence-electron chi connectivity index (χ1n) is 9.91. The number of rotatable bonds is 3. The summed E-state index contributed by atoms with van der Waals surface area (Å²) in [5.74, 6) is 0.802. The van der Waals surface area contributed by atoms with Crippen LogP contribution in [0.2, 0.25) is 0 Å². The van der Waals surface area contributed by atoms with Crippen molar-refractivity contribution >= 4 is 17.8 Å². The fourth-order valence-electron chi connectivity index (χ4n) is 3.75. The average Bonchev–Trinajstić information content (AvgIpc) is 3.06. The molecule has 1 aromatic rings. The normalized spacial score (nSPS) is 16.9. The first-order chi connectivity index (χ1) is 12.9. The van der Waals surface area contributed by atoms with Crippen LogP contribution < -0.4 is 10.2 Å². The van der Waals surface area contributed by atoms with Gasteiger partial charge in [0.2, 0.25) is 0 Å².